The van der Waals surface area contributed by atoms with Crippen LogP contribution in [0.1, 0.15) is 31.9 Å². The molecule has 0 spiro atoms. The number of carboxylic acids is 1. The fourth-order valence-corrected chi connectivity index (χ4v) is 3.04. The van der Waals surface area contributed by atoms with Gasteiger partial charge in [0.2, 0.25) is 0 Å². The summed E-state index contributed by atoms with van der Waals surface area (Å²) in [6, 6.07) is -1.04. The summed E-state index contributed by atoms with van der Waals surface area (Å²) in [5.74, 6) is -0.536. The molecule has 2 rings (SSSR count). The van der Waals surface area contributed by atoms with Gasteiger partial charge < -0.3 is 15.3 Å². The number of urea groups is 1. The van der Waals surface area contributed by atoms with Crippen LogP contribution in [-0.2, 0) is 11.3 Å². The van der Waals surface area contributed by atoms with Gasteiger partial charge in [-0.05, 0) is 18.8 Å². The number of amides is 2. The molecule has 1 aliphatic rings. The average Bonchev–Trinajstić information content (AvgIpc) is 2.97. The van der Waals surface area contributed by atoms with Gasteiger partial charge >= 0.3 is 12.0 Å². The van der Waals surface area contributed by atoms with Gasteiger partial charge in [0, 0.05) is 11.9 Å². The van der Waals surface area contributed by atoms with Crippen LogP contribution in [-0.4, -0.2) is 39.6 Å². The molecule has 7 heteroatoms. The maximum atomic E-state index is 12.1. The number of carbonyl (C=O) groups excluding carboxylic acids is 1. The van der Waals surface area contributed by atoms with Gasteiger partial charge in [0.15, 0.2) is 0 Å². The first-order valence-corrected chi connectivity index (χ1v) is 7.70. The van der Waals surface area contributed by atoms with Crippen LogP contribution in [0.4, 0.5) is 4.79 Å². The number of hydrogen-bond donors (Lipinski definition) is 2. The van der Waals surface area contributed by atoms with Crippen molar-refractivity contribution in [2.24, 2.45) is 5.92 Å². The summed E-state index contributed by atoms with van der Waals surface area (Å²) < 4.78 is 0. The van der Waals surface area contributed by atoms with Crippen LogP contribution in [0.2, 0.25) is 0 Å². The minimum Gasteiger partial charge on any atom is -0.480 e. The van der Waals surface area contributed by atoms with Crippen LogP contribution >= 0.6 is 11.3 Å². The normalized spacial score (nSPS) is 22.6. The van der Waals surface area contributed by atoms with E-state index in [-0.39, 0.29) is 6.03 Å². The van der Waals surface area contributed by atoms with Crippen molar-refractivity contribution in [2.75, 3.05) is 6.54 Å². The molecule has 0 bridgehead atoms. The second-order valence-electron chi connectivity index (χ2n) is 4.98. The number of aliphatic carboxylic acids is 1. The summed E-state index contributed by atoms with van der Waals surface area (Å²) in [7, 11) is 0. The van der Waals surface area contributed by atoms with E-state index in [1.807, 2.05) is 5.38 Å². The first-order valence-electron chi connectivity index (χ1n) is 6.76. The Bertz CT molecular complexity index is 463. The van der Waals surface area contributed by atoms with Gasteiger partial charge in [0.1, 0.15) is 6.04 Å². The number of rotatable bonds is 4. The molecule has 2 atom stereocenters. The van der Waals surface area contributed by atoms with Gasteiger partial charge in [-0.3, -0.25) is 0 Å². The zero-order chi connectivity index (χ0) is 14.5. The van der Waals surface area contributed by atoms with Crippen molar-refractivity contribution < 1.29 is 14.7 Å². The van der Waals surface area contributed by atoms with E-state index in [1.54, 1.807) is 5.51 Å². The van der Waals surface area contributed by atoms with Crippen molar-refractivity contribution in [3.8, 4) is 0 Å². The van der Waals surface area contributed by atoms with Gasteiger partial charge in [0.05, 0.1) is 17.7 Å². The van der Waals surface area contributed by atoms with Crippen LogP contribution < -0.4 is 5.32 Å². The predicted molar refractivity (Wildman–Crippen MR) is 75.5 cm³/mol. The average molecular weight is 297 g/mol. The van der Waals surface area contributed by atoms with Crippen LogP contribution in [0.25, 0.3) is 0 Å². The Morgan fingerprint density at radius 2 is 2.40 bits per heavy atom. The summed E-state index contributed by atoms with van der Waals surface area (Å²) in [5, 5.41) is 13.9. The SMILES string of the molecule is CCC1CCN(C(=O)NCc2cscn2)C(C(=O)O)C1. The molecule has 0 saturated carbocycles. The van der Waals surface area contributed by atoms with Crippen LogP contribution in [0.5, 0.6) is 0 Å². The van der Waals surface area contributed by atoms with E-state index in [0.29, 0.717) is 25.4 Å². The molecule has 1 saturated heterocycles. The highest BCUT2D eigenvalue weighted by Gasteiger charge is 2.35. The molecule has 2 heterocycles. The van der Waals surface area contributed by atoms with Gasteiger partial charge in [-0.15, -0.1) is 11.3 Å². The summed E-state index contributed by atoms with van der Waals surface area (Å²) in [4.78, 5) is 29.0. The van der Waals surface area contributed by atoms with Crippen molar-refractivity contribution >= 4 is 23.3 Å². The minimum absolute atomic E-state index is 0.319. The summed E-state index contributed by atoms with van der Waals surface area (Å²) in [5.41, 5.74) is 2.49. The lowest BCUT2D eigenvalue weighted by Crippen LogP contribution is -2.53. The number of likely N-dealkylation sites (tertiary alicyclic amines) is 1. The lowest BCUT2D eigenvalue weighted by Gasteiger charge is -2.36. The van der Waals surface area contributed by atoms with Crippen molar-refractivity contribution in [2.45, 2.75) is 38.8 Å². The fourth-order valence-electron chi connectivity index (χ4n) is 2.48. The van der Waals surface area contributed by atoms with E-state index in [1.165, 1.54) is 16.2 Å². The summed E-state index contributed by atoms with van der Waals surface area (Å²) >= 11 is 1.47. The zero-order valence-corrected chi connectivity index (χ0v) is 12.2. The maximum absolute atomic E-state index is 12.1. The van der Waals surface area contributed by atoms with Gasteiger partial charge in [-0.25, -0.2) is 14.6 Å². The first kappa shape index (κ1) is 14.8. The fraction of sp³-hybridized carbons (Fsp3) is 0.615. The molecule has 20 heavy (non-hydrogen) atoms. The van der Waals surface area contributed by atoms with E-state index < -0.39 is 12.0 Å². The molecule has 1 aliphatic heterocycles. The van der Waals surface area contributed by atoms with Crippen molar-refractivity contribution in [1.29, 1.82) is 0 Å². The number of nitrogens with zero attached hydrogens (tertiary/aromatic N) is 2. The lowest BCUT2D eigenvalue weighted by molar-refractivity contribution is -0.144. The summed E-state index contributed by atoms with van der Waals surface area (Å²) in [6.45, 7) is 2.89. The number of thiazole rings is 1. The molecule has 1 aromatic rings. The number of piperidine rings is 1. The van der Waals surface area contributed by atoms with Gasteiger partial charge in [-0.1, -0.05) is 13.3 Å². The topological polar surface area (TPSA) is 82.5 Å². The highest BCUT2D eigenvalue weighted by molar-refractivity contribution is 7.07. The third kappa shape index (κ3) is 3.47. The summed E-state index contributed by atoms with van der Waals surface area (Å²) in [6.07, 6.45) is 2.36. The van der Waals surface area contributed by atoms with E-state index in [9.17, 15) is 14.7 Å². The molecule has 2 unspecified atom stereocenters. The Balaban J connectivity index is 1.94. The molecule has 1 fully saturated rings. The number of nitrogens with one attached hydrogen (secondary N) is 1. The highest BCUT2D eigenvalue weighted by Crippen LogP contribution is 2.25. The Labute approximate surface area is 121 Å². The van der Waals surface area contributed by atoms with Crippen molar-refractivity contribution in [1.82, 2.24) is 15.2 Å². The largest absolute Gasteiger partial charge is 0.480 e. The van der Waals surface area contributed by atoms with Crippen LogP contribution in [0.15, 0.2) is 10.9 Å². The number of hydrogen-bond acceptors (Lipinski definition) is 4. The molecule has 0 aliphatic carbocycles. The molecule has 0 aromatic carbocycles. The van der Waals surface area contributed by atoms with E-state index in [0.717, 1.165) is 18.5 Å². The smallest absolute Gasteiger partial charge is 0.326 e. The standard InChI is InChI=1S/C13H19N3O3S/c1-2-9-3-4-16(11(5-9)12(17)18)13(19)14-6-10-7-20-8-15-10/h7-9,11H,2-6H2,1H3,(H,14,19)(H,17,18). The van der Waals surface area contributed by atoms with Gasteiger partial charge in [0.25, 0.3) is 0 Å². The Kier molecular flexibility index (Phi) is 4.94. The molecule has 2 N–H and O–H groups in total. The molecule has 6 nitrogen and oxygen atoms in total. The first-order chi connectivity index (χ1) is 9.61. The monoisotopic (exact) mass is 297 g/mol. The number of carbonyl (C=O) groups is 2. The molecule has 110 valence electrons. The predicted octanol–water partition coefficient (Wildman–Crippen LogP) is 1.93. The molecule has 1 aromatic heterocycles. The van der Waals surface area contributed by atoms with E-state index in [2.05, 4.69) is 17.2 Å². The van der Waals surface area contributed by atoms with E-state index >= 15 is 0 Å². The third-order valence-corrected chi connectivity index (χ3v) is 4.37. The number of carboxylic acid groups (broad SMARTS) is 1. The molecular weight excluding hydrogens is 278 g/mol. The second-order valence-corrected chi connectivity index (χ2v) is 5.70. The third-order valence-electron chi connectivity index (χ3n) is 3.74. The van der Waals surface area contributed by atoms with Crippen molar-refractivity contribution in [3.05, 3.63) is 16.6 Å². The molecule has 0 radical (unpaired) electrons. The Morgan fingerprint density at radius 3 is 3.00 bits per heavy atom. The quantitative estimate of drug-likeness (QED) is 0.889. The lowest BCUT2D eigenvalue weighted by atomic mass is 9.89. The number of aromatic nitrogens is 1. The van der Waals surface area contributed by atoms with Gasteiger partial charge in [-0.2, -0.15) is 0 Å². The van der Waals surface area contributed by atoms with Crippen LogP contribution in [0, 0.1) is 5.92 Å². The molecule has 2 amide bonds. The van der Waals surface area contributed by atoms with Crippen LogP contribution in [0.3, 0.4) is 0 Å². The Hall–Kier alpha value is -1.63. The molecular formula is C13H19N3O3S. The second kappa shape index (κ2) is 6.69. The minimum atomic E-state index is -0.924. The maximum Gasteiger partial charge on any atom is 0.326 e. The highest BCUT2D eigenvalue weighted by atomic mass is 32.1. The van der Waals surface area contributed by atoms with E-state index in [4.69, 9.17) is 0 Å². The Morgan fingerprint density at radius 1 is 1.60 bits per heavy atom. The zero-order valence-electron chi connectivity index (χ0n) is 11.4. The van der Waals surface area contributed by atoms with Crippen molar-refractivity contribution in [3.63, 3.8) is 0 Å².